The van der Waals surface area contributed by atoms with Crippen molar-refractivity contribution in [3.05, 3.63) is 41.5 Å². The van der Waals surface area contributed by atoms with Crippen molar-refractivity contribution in [2.45, 2.75) is 111 Å². The molecule has 0 heterocycles. The summed E-state index contributed by atoms with van der Waals surface area (Å²) >= 11 is 0. The van der Waals surface area contributed by atoms with Gasteiger partial charge in [-0.05, 0) is 109 Å². The standard InChI is InChI=1S/C35H52N2O3/c1-22(2)8-6-9-23(3)29-14-15-30-28-13-12-25-21-27(16-18-34(25,4)31(28)17-19-35(29,30)5)40-33(39)37-26-11-7-10-24(20-26)32(36)38/h7,10-12,20,22-23,27-31H,6,8-9,13-19,21H2,1-5H3,(H2,36,38)(H,37,39). The van der Waals surface area contributed by atoms with Gasteiger partial charge >= 0.3 is 6.09 Å². The molecule has 0 aromatic heterocycles. The van der Waals surface area contributed by atoms with Crippen LogP contribution in [0.4, 0.5) is 10.5 Å². The average molecular weight is 549 g/mol. The molecule has 0 aliphatic heterocycles. The Morgan fingerprint density at radius 3 is 2.60 bits per heavy atom. The Labute approximate surface area is 242 Å². The van der Waals surface area contributed by atoms with E-state index in [-0.39, 0.29) is 11.5 Å². The highest BCUT2D eigenvalue weighted by atomic mass is 16.6. The Morgan fingerprint density at radius 1 is 1.05 bits per heavy atom. The molecule has 5 nitrogen and oxygen atoms in total. The van der Waals surface area contributed by atoms with Gasteiger partial charge in [0.05, 0.1) is 0 Å². The van der Waals surface area contributed by atoms with E-state index in [0.29, 0.717) is 16.7 Å². The maximum Gasteiger partial charge on any atom is 0.411 e. The van der Waals surface area contributed by atoms with Crippen LogP contribution in [0.1, 0.15) is 116 Å². The highest BCUT2D eigenvalue weighted by Gasteiger charge is 2.59. The van der Waals surface area contributed by atoms with Gasteiger partial charge in [0.1, 0.15) is 6.10 Å². The highest BCUT2D eigenvalue weighted by Crippen LogP contribution is 2.67. The van der Waals surface area contributed by atoms with Crippen LogP contribution in [-0.4, -0.2) is 18.1 Å². The van der Waals surface area contributed by atoms with Gasteiger partial charge in [0, 0.05) is 17.7 Å². The molecular weight excluding hydrogens is 496 g/mol. The molecule has 0 spiro atoms. The third-order valence-corrected chi connectivity index (χ3v) is 11.9. The van der Waals surface area contributed by atoms with Gasteiger partial charge in [-0.2, -0.15) is 0 Å². The van der Waals surface area contributed by atoms with Crippen LogP contribution in [0.5, 0.6) is 0 Å². The SMILES string of the molecule is CC(C)CCCC(C)C1CCC2C3CC=C4CC(OC(=O)Nc5cccc(C(N)=O)c5)CCC4(C)C3CCC12C. The number of carbonyl (C=O) groups is 2. The summed E-state index contributed by atoms with van der Waals surface area (Å²) < 4.78 is 5.89. The van der Waals surface area contributed by atoms with Crippen molar-refractivity contribution in [2.75, 3.05) is 5.32 Å². The van der Waals surface area contributed by atoms with Crippen LogP contribution in [0.25, 0.3) is 0 Å². The van der Waals surface area contributed by atoms with E-state index in [1.807, 2.05) is 0 Å². The lowest BCUT2D eigenvalue weighted by Gasteiger charge is -2.58. The number of hydrogen-bond donors (Lipinski definition) is 2. The van der Waals surface area contributed by atoms with Gasteiger partial charge < -0.3 is 10.5 Å². The number of allylic oxidation sites excluding steroid dienone is 1. The number of fused-ring (bicyclic) bond motifs is 5. The molecule has 4 aliphatic carbocycles. The van der Waals surface area contributed by atoms with Crippen molar-refractivity contribution in [1.29, 1.82) is 0 Å². The van der Waals surface area contributed by atoms with Crippen molar-refractivity contribution in [3.8, 4) is 0 Å². The van der Waals surface area contributed by atoms with E-state index < -0.39 is 12.0 Å². The number of primary amides is 1. The van der Waals surface area contributed by atoms with Gasteiger partial charge in [0.25, 0.3) is 0 Å². The fourth-order valence-electron chi connectivity index (χ4n) is 9.80. The molecule has 220 valence electrons. The number of nitrogens with one attached hydrogen (secondary N) is 1. The monoisotopic (exact) mass is 548 g/mol. The van der Waals surface area contributed by atoms with Gasteiger partial charge in [0.2, 0.25) is 5.91 Å². The second-order valence-corrected chi connectivity index (χ2v) is 14.6. The van der Waals surface area contributed by atoms with Gasteiger partial charge in [-0.25, -0.2) is 4.79 Å². The van der Waals surface area contributed by atoms with Crippen LogP contribution in [0.15, 0.2) is 35.9 Å². The second kappa shape index (κ2) is 11.5. The molecule has 8 unspecified atom stereocenters. The van der Waals surface area contributed by atoms with E-state index in [1.54, 1.807) is 24.3 Å². The van der Waals surface area contributed by atoms with Gasteiger partial charge in [-0.15, -0.1) is 0 Å². The number of anilines is 1. The van der Waals surface area contributed by atoms with Crippen LogP contribution in [0, 0.1) is 46.3 Å². The van der Waals surface area contributed by atoms with Crippen molar-refractivity contribution in [1.82, 2.24) is 0 Å². The molecular formula is C35H52N2O3. The van der Waals surface area contributed by atoms with Crippen LogP contribution >= 0.6 is 0 Å². The van der Waals surface area contributed by atoms with Crippen molar-refractivity contribution in [2.24, 2.45) is 52.1 Å². The molecule has 8 atom stereocenters. The lowest BCUT2D eigenvalue weighted by atomic mass is 9.47. The zero-order valence-electron chi connectivity index (χ0n) is 25.5. The number of benzene rings is 1. The first kappa shape index (κ1) is 29.2. The fraction of sp³-hybridized carbons (Fsp3) is 0.714. The molecule has 5 rings (SSSR count). The number of amides is 2. The summed E-state index contributed by atoms with van der Waals surface area (Å²) in [6.07, 6.45) is 15.7. The predicted molar refractivity (Wildman–Crippen MR) is 162 cm³/mol. The number of ether oxygens (including phenoxy) is 1. The van der Waals surface area contributed by atoms with E-state index in [4.69, 9.17) is 10.5 Å². The Bertz CT molecular complexity index is 1130. The van der Waals surface area contributed by atoms with Crippen LogP contribution in [0.3, 0.4) is 0 Å². The smallest absolute Gasteiger partial charge is 0.411 e. The van der Waals surface area contributed by atoms with Crippen molar-refractivity contribution in [3.63, 3.8) is 0 Å². The Morgan fingerprint density at radius 2 is 1.85 bits per heavy atom. The second-order valence-electron chi connectivity index (χ2n) is 14.6. The lowest BCUT2D eigenvalue weighted by molar-refractivity contribution is -0.0577. The topological polar surface area (TPSA) is 81.4 Å². The maximum absolute atomic E-state index is 12.7. The summed E-state index contributed by atoms with van der Waals surface area (Å²) in [5.41, 5.74) is 8.53. The number of rotatable bonds is 8. The Kier molecular flexibility index (Phi) is 8.42. The zero-order valence-corrected chi connectivity index (χ0v) is 25.5. The molecule has 5 heteroatoms. The van der Waals surface area contributed by atoms with Crippen molar-refractivity contribution >= 4 is 17.7 Å². The first-order valence-corrected chi connectivity index (χ1v) is 16.1. The quantitative estimate of drug-likeness (QED) is 0.319. The van der Waals surface area contributed by atoms with Gasteiger partial charge in [-0.3, -0.25) is 10.1 Å². The number of nitrogens with two attached hydrogens (primary N) is 1. The molecule has 2 amide bonds. The number of carbonyl (C=O) groups excluding carboxylic acids is 2. The minimum absolute atomic E-state index is 0.105. The maximum atomic E-state index is 12.7. The minimum Gasteiger partial charge on any atom is -0.446 e. The normalized spacial score (nSPS) is 35.6. The summed E-state index contributed by atoms with van der Waals surface area (Å²) in [5.74, 6) is 4.44. The number of hydrogen-bond acceptors (Lipinski definition) is 3. The van der Waals surface area contributed by atoms with E-state index in [0.717, 1.165) is 54.8 Å². The molecule has 0 radical (unpaired) electrons. The van der Waals surface area contributed by atoms with E-state index in [9.17, 15) is 9.59 Å². The third-order valence-electron chi connectivity index (χ3n) is 11.9. The molecule has 0 bridgehead atoms. The third kappa shape index (κ3) is 5.59. The fourth-order valence-corrected chi connectivity index (χ4v) is 9.80. The van der Waals surface area contributed by atoms with Crippen LogP contribution in [0.2, 0.25) is 0 Å². The zero-order chi connectivity index (χ0) is 28.7. The van der Waals surface area contributed by atoms with E-state index >= 15 is 0 Å². The molecule has 0 saturated heterocycles. The van der Waals surface area contributed by atoms with Crippen molar-refractivity contribution < 1.29 is 14.3 Å². The summed E-state index contributed by atoms with van der Waals surface area (Å²) in [6.45, 7) is 12.4. The first-order valence-electron chi connectivity index (χ1n) is 16.1. The summed E-state index contributed by atoms with van der Waals surface area (Å²) in [7, 11) is 0. The molecule has 1 aromatic carbocycles. The largest absolute Gasteiger partial charge is 0.446 e. The average Bonchev–Trinajstić information content (AvgIpc) is 3.26. The predicted octanol–water partition coefficient (Wildman–Crippen LogP) is 8.74. The molecule has 40 heavy (non-hydrogen) atoms. The highest BCUT2D eigenvalue weighted by molar-refractivity contribution is 5.95. The Balaban J connectivity index is 1.21. The molecule has 4 aliphatic rings. The first-order chi connectivity index (χ1) is 19.0. The Hall–Kier alpha value is -2.30. The van der Waals surface area contributed by atoms with E-state index in [2.05, 4.69) is 46.0 Å². The van der Waals surface area contributed by atoms with E-state index in [1.165, 1.54) is 56.9 Å². The summed E-state index contributed by atoms with van der Waals surface area (Å²) in [6, 6.07) is 6.67. The summed E-state index contributed by atoms with van der Waals surface area (Å²) in [5, 5.41) is 2.78. The molecule has 3 fully saturated rings. The van der Waals surface area contributed by atoms with Gasteiger partial charge in [0.15, 0.2) is 0 Å². The van der Waals surface area contributed by atoms with Crippen LogP contribution < -0.4 is 11.1 Å². The lowest BCUT2D eigenvalue weighted by Crippen LogP contribution is -2.51. The minimum atomic E-state index is -0.515. The molecule has 1 aromatic rings. The molecule has 3 saturated carbocycles. The summed E-state index contributed by atoms with van der Waals surface area (Å²) in [4.78, 5) is 24.2. The van der Waals surface area contributed by atoms with Crippen LogP contribution in [-0.2, 0) is 4.74 Å². The van der Waals surface area contributed by atoms with Gasteiger partial charge in [-0.1, -0.05) is 71.6 Å². The molecule has 3 N–H and O–H groups in total.